The number of hydrogen-bond acceptors (Lipinski definition) is 10. The van der Waals surface area contributed by atoms with E-state index in [0.29, 0.717) is 42.5 Å². The fourth-order valence-electron chi connectivity index (χ4n) is 7.23. The van der Waals surface area contributed by atoms with Crippen LogP contribution >= 0.6 is 0 Å². The van der Waals surface area contributed by atoms with E-state index in [1.807, 2.05) is 12.1 Å². The normalized spacial score (nSPS) is 18.1. The van der Waals surface area contributed by atoms with Crippen molar-refractivity contribution in [3.05, 3.63) is 63.7 Å². The topological polar surface area (TPSA) is 192 Å². The van der Waals surface area contributed by atoms with Crippen molar-refractivity contribution in [1.82, 2.24) is 4.58 Å². The van der Waals surface area contributed by atoms with Crippen LogP contribution in [0.25, 0.3) is 17.2 Å². The minimum Gasteiger partial charge on any atom is -0.468 e. The van der Waals surface area contributed by atoms with Crippen LogP contribution in [-0.4, -0.2) is 89.0 Å². The first kappa shape index (κ1) is 38.3. The zero-order valence-electron chi connectivity index (χ0n) is 28.3. The van der Waals surface area contributed by atoms with Crippen LogP contribution in [0.15, 0.2) is 36.4 Å². The van der Waals surface area contributed by atoms with Gasteiger partial charge in [-0.1, -0.05) is 19.2 Å². The second kappa shape index (κ2) is 13.3. The van der Waals surface area contributed by atoms with Gasteiger partial charge in [-0.2, -0.15) is 16.8 Å². The minimum absolute atomic E-state index is 0.273. The Bertz CT molecular complexity index is 2250. The van der Waals surface area contributed by atoms with Crippen LogP contribution in [0, 0.1) is 0 Å². The predicted molar refractivity (Wildman–Crippen MR) is 190 cm³/mol. The summed E-state index contributed by atoms with van der Waals surface area (Å²) in [5.41, 5.74) is 4.05. The number of anilines is 1. The van der Waals surface area contributed by atoms with Crippen molar-refractivity contribution in [2.45, 2.75) is 65.2 Å². The predicted octanol–water partition coefficient (Wildman–Crippen LogP) is 0.612. The highest BCUT2D eigenvalue weighted by molar-refractivity contribution is 7.86. The molecular weight excluding hydrogens is 713 g/mol. The molecule has 3 heterocycles. The van der Waals surface area contributed by atoms with Gasteiger partial charge < -0.3 is 9.64 Å². The number of hydrogen-bond donors (Lipinski definition) is 2. The van der Waals surface area contributed by atoms with Crippen LogP contribution in [0.2, 0.25) is 13.1 Å². The van der Waals surface area contributed by atoms with Gasteiger partial charge in [0.1, 0.15) is 13.8 Å². The lowest BCUT2D eigenvalue weighted by Crippen LogP contribution is -2.64. The first-order valence-electron chi connectivity index (χ1n) is 15.3. The molecule has 0 radical (unpaired) electrons. The molecule has 0 atom stereocenters. The molecule has 3 aliphatic heterocycles. The Hall–Kier alpha value is -3.48. The maximum atomic E-state index is 12.2. The van der Waals surface area contributed by atoms with E-state index in [1.165, 1.54) is 5.19 Å². The van der Waals surface area contributed by atoms with E-state index in [0.717, 1.165) is 32.8 Å². The van der Waals surface area contributed by atoms with Gasteiger partial charge in [0.2, 0.25) is 5.36 Å². The van der Waals surface area contributed by atoms with Gasteiger partial charge in [0.05, 0.1) is 17.7 Å². The monoisotopic (exact) mass is 753 g/mol. The van der Waals surface area contributed by atoms with Gasteiger partial charge in [-0.25, -0.2) is 4.58 Å². The number of benzene rings is 2. The third-order valence-electron chi connectivity index (χ3n) is 9.18. The average Bonchev–Trinajstić information content (AvgIpc) is 2.92. The third-order valence-corrected chi connectivity index (χ3v) is 14.0. The summed E-state index contributed by atoms with van der Waals surface area (Å²) in [6, 6.07) is 8.32. The third kappa shape index (κ3) is 8.29. The van der Waals surface area contributed by atoms with E-state index < -0.39 is 56.1 Å². The maximum Gasteiger partial charge on any atom is 0.425 e. The van der Waals surface area contributed by atoms with Crippen molar-refractivity contribution in [3.8, 4) is 0 Å². The number of rotatable bonds is 9. The summed E-state index contributed by atoms with van der Waals surface area (Å²) in [5, 5.41) is 3.65. The smallest absolute Gasteiger partial charge is 0.425 e. The number of fused-ring (bicyclic) bond motifs is 4. The van der Waals surface area contributed by atoms with Crippen LogP contribution in [0.1, 0.15) is 57.7 Å². The molecule has 5 rings (SSSR count). The van der Waals surface area contributed by atoms with Gasteiger partial charge in [-0.05, 0) is 89.8 Å². The SMILES string of the molecule is CC1=CC(C)(C)N(CCCOC=O)c2cc3c(cc21)C=c1cc2c(cc1[Si]3(C)C)=[N+](CS(=O)(=O)O)C(C)(C)C=C2CS(=O)(=O)O.O=S(=O)=O. The van der Waals surface area contributed by atoms with E-state index >= 15 is 0 Å². The van der Waals surface area contributed by atoms with Gasteiger partial charge in [0, 0.05) is 37.7 Å². The molecule has 0 saturated heterocycles. The molecule has 0 amide bonds. The number of nitrogens with zero attached hydrogens (tertiary/aromatic N) is 2. The van der Waals surface area contributed by atoms with E-state index in [9.17, 15) is 30.7 Å². The van der Waals surface area contributed by atoms with Crippen molar-refractivity contribution in [2.24, 2.45) is 0 Å². The summed E-state index contributed by atoms with van der Waals surface area (Å²) in [4.78, 5) is 13.1. The maximum absolute atomic E-state index is 12.2. The molecule has 2 aromatic rings. The molecule has 0 fully saturated rings. The van der Waals surface area contributed by atoms with Crippen molar-refractivity contribution in [3.63, 3.8) is 0 Å². The second-order valence-corrected chi connectivity index (χ2v) is 21.6. The molecule has 49 heavy (non-hydrogen) atoms. The van der Waals surface area contributed by atoms with Crippen LogP contribution in [-0.2, 0) is 40.4 Å². The van der Waals surface area contributed by atoms with Crippen LogP contribution in [0.5, 0.6) is 0 Å². The Kier molecular flexibility index (Phi) is 10.4. The van der Waals surface area contributed by atoms with Crippen molar-refractivity contribution in [2.75, 3.05) is 29.7 Å². The quantitative estimate of drug-likeness (QED) is 0.119. The first-order valence-corrected chi connectivity index (χ1v) is 22.5. The molecule has 17 heteroatoms. The Morgan fingerprint density at radius 3 is 2.14 bits per heavy atom. The highest BCUT2D eigenvalue weighted by atomic mass is 32.2. The Labute approximate surface area is 288 Å². The molecule has 266 valence electrons. The molecular formula is C32H41N2O11S3Si+. The zero-order valence-corrected chi connectivity index (χ0v) is 31.8. The van der Waals surface area contributed by atoms with Gasteiger partial charge in [-0.15, -0.1) is 12.6 Å². The summed E-state index contributed by atoms with van der Waals surface area (Å²) in [7, 11) is -14.4. The van der Waals surface area contributed by atoms with Crippen molar-refractivity contribution >= 4 is 78.7 Å². The number of ether oxygens (including phenoxy) is 1. The van der Waals surface area contributed by atoms with Crippen LogP contribution in [0.3, 0.4) is 0 Å². The van der Waals surface area contributed by atoms with Crippen LogP contribution in [0.4, 0.5) is 5.69 Å². The van der Waals surface area contributed by atoms with E-state index in [2.05, 4.69) is 63.0 Å². The van der Waals surface area contributed by atoms with Crippen molar-refractivity contribution < 1.29 is 48.1 Å². The molecule has 2 N–H and O–H groups in total. The molecule has 0 unspecified atom stereocenters. The van der Waals surface area contributed by atoms with E-state index in [-0.39, 0.29) is 5.54 Å². The first-order chi connectivity index (χ1) is 22.4. The fraction of sp³-hybridized carbons (Fsp3) is 0.438. The number of carbonyl (C=O) groups is 1. The van der Waals surface area contributed by atoms with Gasteiger partial charge >= 0.3 is 20.7 Å². The minimum atomic E-state index is -4.44. The molecule has 13 nitrogen and oxygen atoms in total. The van der Waals surface area contributed by atoms with Crippen LogP contribution < -0.4 is 30.4 Å². The molecule has 0 aliphatic carbocycles. The fourth-order valence-corrected chi connectivity index (χ4v) is 11.7. The Balaban J connectivity index is 0.00000128. The molecule has 0 bridgehead atoms. The Morgan fingerprint density at radius 2 is 1.57 bits per heavy atom. The Morgan fingerprint density at radius 1 is 0.939 bits per heavy atom. The summed E-state index contributed by atoms with van der Waals surface area (Å²) in [6.07, 6.45) is 6.65. The molecule has 2 aromatic carbocycles. The largest absolute Gasteiger partial charge is 0.468 e. The average molecular weight is 754 g/mol. The lowest BCUT2D eigenvalue weighted by molar-refractivity contribution is -0.128. The number of carbonyl (C=O) groups excluding carboxylic acids is 1. The standard InChI is InChI=1S/C32H40N2O8S2Si.O3S/c1-21-16-31(2,3)33(9-8-10-42-20-35)27-14-29-22(12-25(21)27)11-23-13-26-24(18-43(36,37)38)17-32(4,5)34(19-44(39,40)41)28(26)15-30(23)45(29,6)7;1-4(2)3/h11-17,20H,8-10,18-19H2,1-7H3,(H-,36,37,38,39,40,41);/p+1. The highest BCUT2D eigenvalue weighted by Gasteiger charge is 2.41. The summed E-state index contributed by atoms with van der Waals surface area (Å²) in [5.74, 6) is -1.30. The molecule has 3 aliphatic rings. The zero-order chi connectivity index (χ0) is 36.9. The van der Waals surface area contributed by atoms with Gasteiger partial charge in [0.15, 0.2) is 5.54 Å². The summed E-state index contributed by atoms with van der Waals surface area (Å²) in [6.45, 7) is 15.9. The lowest BCUT2D eigenvalue weighted by Gasteiger charge is -2.44. The second-order valence-electron chi connectivity index (χ2n) is 14.0. The molecule has 0 spiro atoms. The van der Waals surface area contributed by atoms with Gasteiger partial charge in [0.25, 0.3) is 22.5 Å². The molecule has 0 saturated carbocycles. The van der Waals surface area contributed by atoms with E-state index in [1.54, 1.807) is 24.5 Å². The lowest BCUT2D eigenvalue weighted by atomic mass is 9.87. The number of allylic oxidation sites excluding steroid dienone is 1. The van der Waals surface area contributed by atoms with Crippen molar-refractivity contribution in [1.29, 1.82) is 0 Å². The van der Waals surface area contributed by atoms with E-state index in [4.69, 9.17) is 17.4 Å². The van der Waals surface area contributed by atoms with Gasteiger partial charge in [-0.3, -0.25) is 13.9 Å². The molecule has 0 aromatic heterocycles. The summed E-state index contributed by atoms with van der Waals surface area (Å²) < 4.78 is 100. The summed E-state index contributed by atoms with van der Waals surface area (Å²) >= 11 is 0. The highest BCUT2D eigenvalue weighted by Crippen LogP contribution is 2.40.